The largest absolute Gasteiger partial charge is 0.356 e. The number of hydrogen-bond acceptors (Lipinski definition) is 4. The van der Waals surface area contributed by atoms with Crippen LogP contribution in [0.15, 0.2) is 9.59 Å². The minimum atomic E-state index is -0.321. The Balaban J connectivity index is 2.95. The molecule has 0 aliphatic carbocycles. The molecule has 0 aliphatic heterocycles. The molecule has 0 saturated heterocycles. The van der Waals surface area contributed by atoms with Crippen molar-refractivity contribution in [3.05, 3.63) is 20.8 Å². The van der Waals surface area contributed by atoms with Crippen LogP contribution in [0.25, 0.3) is 11.2 Å². The summed E-state index contributed by atoms with van der Waals surface area (Å²) in [5, 5.41) is 3.10. The van der Waals surface area contributed by atoms with Crippen LogP contribution < -0.4 is 16.6 Å². The number of hydrogen-bond donors (Lipinski definition) is 1. The SMILES string of the molecule is CCNc1nc2c(c(=O)n(C)c(=O)n2C(C)CC)n1C. The Morgan fingerprint density at radius 2 is 1.85 bits per heavy atom. The van der Waals surface area contributed by atoms with Crippen LogP contribution in [0.3, 0.4) is 0 Å². The molecule has 1 unspecified atom stereocenters. The Hall–Kier alpha value is -2.05. The molecule has 2 aromatic heterocycles. The molecule has 1 atom stereocenters. The highest BCUT2D eigenvalue weighted by molar-refractivity contribution is 5.74. The van der Waals surface area contributed by atoms with Gasteiger partial charge in [-0.25, -0.2) is 4.79 Å². The average Bonchev–Trinajstić information content (AvgIpc) is 2.74. The second kappa shape index (κ2) is 5.15. The zero-order chi connectivity index (χ0) is 15.0. The van der Waals surface area contributed by atoms with Crippen molar-refractivity contribution in [3.63, 3.8) is 0 Å². The van der Waals surface area contributed by atoms with Crippen molar-refractivity contribution in [3.8, 4) is 0 Å². The fourth-order valence-electron chi connectivity index (χ4n) is 2.29. The van der Waals surface area contributed by atoms with E-state index in [0.29, 0.717) is 23.7 Å². The molecule has 0 saturated carbocycles. The fraction of sp³-hybridized carbons (Fsp3) is 0.615. The molecular weight excluding hydrogens is 258 g/mol. The van der Waals surface area contributed by atoms with Crippen LogP contribution in [0.5, 0.6) is 0 Å². The summed E-state index contributed by atoms with van der Waals surface area (Å²) >= 11 is 0. The van der Waals surface area contributed by atoms with Crippen molar-refractivity contribution >= 4 is 17.1 Å². The Labute approximate surface area is 116 Å². The Morgan fingerprint density at radius 3 is 2.40 bits per heavy atom. The summed E-state index contributed by atoms with van der Waals surface area (Å²) in [4.78, 5) is 29.1. The molecule has 2 rings (SSSR count). The second-order valence-corrected chi connectivity index (χ2v) is 4.97. The van der Waals surface area contributed by atoms with Gasteiger partial charge in [0.2, 0.25) is 5.95 Å². The molecule has 110 valence electrons. The minimum absolute atomic E-state index is 0.0128. The topological polar surface area (TPSA) is 73.8 Å². The van der Waals surface area contributed by atoms with E-state index in [1.165, 1.54) is 7.05 Å². The highest BCUT2D eigenvalue weighted by Gasteiger charge is 2.20. The number of aryl methyl sites for hydroxylation is 1. The Morgan fingerprint density at radius 1 is 1.20 bits per heavy atom. The van der Waals surface area contributed by atoms with E-state index in [2.05, 4.69) is 10.3 Å². The standard InChI is InChI=1S/C13H21N5O2/c1-6-8(3)18-10-9(11(19)17(5)13(18)20)16(4)12(15-10)14-7-2/h8H,6-7H2,1-5H3,(H,14,15). The van der Waals surface area contributed by atoms with E-state index in [0.717, 1.165) is 11.0 Å². The number of nitrogens with zero attached hydrogens (tertiary/aromatic N) is 4. The van der Waals surface area contributed by atoms with E-state index < -0.39 is 0 Å². The van der Waals surface area contributed by atoms with Gasteiger partial charge < -0.3 is 9.88 Å². The average molecular weight is 279 g/mol. The number of imidazole rings is 1. The molecular formula is C13H21N5O2. The van der Waals surface area contributed by atoms with Gasteiger partial charge >= 0.3 is 5.69 Å². The Bertz CT molecular complexity index is 753. The van der Waals surface area contributed by atoms with Crippen LogP contribution >= 0.6 is 0 Å². The third-order valence-corrected chi connectivity index (χ3v) is 3.67. The van der Waals surface area contributed by atoms with Gasteiger partial charge in [0.15, 0.2) is 11.2 Å². The van der Waals surface area contributed by atoms with E-state index in [-0.39, 0.29) is 17.3 Å². The summed E-state index contributed by atoms with van der Waals surface area (Å²) < 4.78 is 4.45. The van der Waals surface area contributed by atoms with Crippen LogP contribution in [0, 0.1) is 0 Å². The van der Waals surface area contributed by atoms with E-state index in [1.54, 1.807) is 16.2 Å². The predicted molar refractivity (Wildman–Crippen MR) is 79.4 cm³/mol. The molecule has 0 aliphatic rings. The smallest absolute Gasteiger partial charge is 0.332 e. The molecule has 2 heterocycles. The van der Waals surface area contributed by atoms with Crippen LogP contribution in [0.4, 0.5) is 5.95 Å². The monoisotopic (exact) mass is 279 g/mol. The normalized spacial score (nSPS) is 12.8. The number of nitrogens with one attached hydrogen (secondary N) is 1. The maximum absolute atomic E-state index is 12.3. The lowest BCUT2D eigenvalue weighted by Crippen LogP contribution is -2.39. The summed E-state index contributed by atoms with van der Waals surface area (Å²) in [6.45, 7) is 6.61. The van der Waals surface area contributed by atoms with E-state index in [9.17, 15) is 9.59 Å². The van der Waals surface area contributed by atoms with Gasteiger partial charge in [0, 0.05) is 26.7 Å². The molecule has 0 aromatic carbocycles. The van der Waals surface area contributed by atoms with Gasteiger partial charge in [-0.15, -0.1) is 0 Å². The van der Waals surface area contributed by atoms with Crippen molar-refractivity contribution in [2.45, 2.75) is 33.2 Å². The summed E-state index contributed by atoms with van der Waals surface area (Å²) in [5.74, 6) is 0.599. The predicted octanol–water partition coefficient (Wildman–Crippen LogP) is 0.836. The highest BCUT2D eigenvalue weighted by Crippen LogP contribution is 2.17. The lowest BCUT2D eigenvalue weighted by Gasteiger charge is -2.14. The van der Waals surface area contributed by atoms with Crippen molar-refractivity contribution in [1.29, 1.82) is 0 Å². The number of rotatable bonds is 4. The number of fused-ring (bicyclic) bond motifs is 1. The van der Waals surface area contributed by atoms with E-state index in [1.807, 2.05) is 20.8 Å². The summed E-state index contributed by atoms with van der Waals surface area (Å²) in [7, 11) is 3.28. The summed E-state index contributed by atoms with van der Waals surface area (Å²) in [6, 6.07) is -0.0128. The van der Waals surface area contributed by atoms with Gasteiger partial charge in [-0.2, -0.15) is 4.98 Å². The van der Waals surface area contributed by atoms with Crippen molar-refractivity contribution < 1.29 is 0 Å². The summed E-state index contributed by atoms with van der Waals surface area (Å²) in [5.41, 5.74) is 0.260. The molecule has 0 fully saturated rings. The van der Waals surface area contributed by atoms with Gasteiger partial charge in [-0.3, -0.25) is 13.9 Å². The van der Waals surface area contributed by atoms with Crippen LogP contribution in [0.2, 0.25) is 0 Å². The first-order valence-corrected chi connectivity index (χ1v) is 6.85. The van der Waals surface area contributed by atoms with Gasteiger partial charge in [-0.05, 0) is 20.3 Å². The third-order valence-electron chi connectivity index (χ3n) is 3.67. The molecule has 1 N–H and O–H groups in total. The number of anilines is 1. The van der Waals surface area contributed by atoms with Crippen LogP contribution in [0.1, 0.15) is 33.2 Å². The highest BCUT2D eigenvalue weighted by atomic mass is 16.2. The summed E-state index contributed by atoms with van der Waals surface area (Å²) in [6.07, 6.45) is 0.792. The van der Waals surface area contributed by atoms with E-state index in [4.69, 9.17) is 0 Å². The first kappa shape index (κ1) is 14.4. The fourth-order valence-corrected chi connectivity index (χ4v) is 2.29. The molecule has 0 amide bonds. The maximum Gasteiger partial charge on any atom is 0.332 e. The van der Waals surface area contributed by atoms with Crippen LogP contribution in [-0.4, -0.2) is 25.2 Å². The van der Waals surface area contributed by atoms with Crippen molar-refractivity contribution in [2.75, 3.05) is 11.9 Å². The van der Waals surface area contributed by atoms with Gasteiger partial charge in [-0.1, -0.05) is 6.92 Å². The number of aromatic nitrogens is 4. The van der Waals surface area contributed by atoms with Gasteiger partial charge in [0.1, 0.15) is 0 Å². The molecule has 0 bridgehead atoms. The van der Waals surface area contributed by atoms with E-state index >= 15 is 0 Å². The van der Waals surface area contributed by atoms with Crippen LogP contribution in [-0.2, 0) is 14.1 Å². The third kappa shape index (κ3) is 1.93. The molecule has 20 heavy (non-hydrogen) atoms. The van der Waals surface area contributed by atoms with Gasteiger partial charge in [0.25, 0.3) is 5.56 Å². The molecule has 0 radical (unpaired) electrons. The molecule has 2 aromatic rings. The first-order valence-electron chi connectivity index (χ1n) is 6.85. The molecule has 7 nitrogen and oxygen atoms in total. The van der Waals surface area contributed by atoms with Crippen molar-refractivity contribution in [1.82, 2.24) is 18.7 Å². The quantitative estimate of drug-likeness (QED) is 0.900. The second-order valence-electron chi connectivity index (χ2n) is 4.97. The molecule has 0 spiro atoms. The van der Waals surface area contributed by atoms with Gasteiger partial charge in [0.05, 0.1) is 0 Å². The minimum Gasteiger partial charge on any atom is -0.356 e. The zero-order valence-corrected chi connectivity index (χ0v) is 12.6. The lowest BCUT2D eigenvalue weighted by atomic mass is 10.2. The lowest BCUT2D eigenvalue weighted by molar-refractivity contribution is 0.499. The van der Waals surface area contributed by atoms with Crippen molar-refractivity contribution in [2.24, 2.45) is 14.1 Å². The first-order chi connectivity index (χ1) is 9.43. The Kier molecular flexibility index (Phi) is 3.69. The molecule has 7 heteroatoms. The zero-order valence-electron chi connectivity index (χ0n) is 12.6. The maximum atomic E-state index is 12.3.